The van der Waals surface area contributed by atoms with Crippen molar-refractivity contribution in [3.63, 3.8) is 0 Å². The van der Waals surface area contributed by atoms with Crippen LogP contribution in [0, 0.1) is 0 Å². The van der Waals surface area contributed by atoms with Crippen LogP contribution in [0.5, 0.6) is 0 Å². The van der Waals surface area contributed by atoms with Crippen LogP contribution in [0.15, 0.2) is 18.2 Å². The number of benzene rings is 1. The van der Waals surface area contributed by atoms with Crippen LogP contribution in [-0.2, 0) is 0 Å². The Hall–Kier alpha value is -1.01. The van der Waals surface area contributed by atoms with Crippen LogP contribution in [0.3, 0.4) is 0 Å². The molecule has 0 unspecified atom stereocenters. The molecule has 0 spiro atoms. The first-order valence-electron chi connectivity index (χ1n) is 6.01. The van der Waals surface area contributed by atoms with Gasteiger partial charge in [0.15, 0.2) is 0 Å². The third-order valence-corrected chi connectivity index (χ3v) is 3.68. The van der Waals surface area contributed by atoms with Crippen molar-refractivity contribution in [2.45, 2.75) is 0 Å². The van der Waals surface area contributed by atoms with E-state index < -0.39 is 0 Å². The average molecular weight is 303 g/mol. The van der Waals surface area contributed by atoms with E-state index in [0.29, 0.717) is 15.7 Å². The summed E-state index contributed by atoms with van der Waals surface area (Å²) in [5, 5.41) is 5.50. The second kappa shape index (κ2) is 6.43. The van der Waals surface area contributed by atoms with Crippen molar-refractivity contribution < 1.29 is 4.79 Å². The highest BCUT2D eigenvalue weighted by Gasteiger charge is 2.15. The van der Waals surface area contributed by atoms with Crippen LogP contribution in [0.25, 0.3) is 0 Å². The lowest BCUT2D eigenvalue weighted by atomic mass is 10.3. The monoisotopic (exact) mass is 302 g/mol. The fourth-order valence-electron chi connectivity index (χ4n) is 1.79. The minimum absolute atomic E-state index is 0.275. The molecule has 0 bridgehead atoms. The molecule has 1 aromatic carbocycles. The predicted molar refractivity (Wildman–Crippen MR) is 77.7 cm³/mol. The third kappa shape index (κ3) is 4.24. The molecule has 0 radical (unpaired) electrons. The number of likely N-dealkylation sites (N-methyl/N-ethyl adjacent to an activating group) is 1. The summed E-state index contributed by atoms with van der Waals surface area (Å²) in [6, 6.07) is 4.70. The summed E-state index contributed by atoms with van der Waals surface area (Å²) in [4.78, 5) is 14.0. The van der Waals surface area contributed by atoms with Gasteiger partial charge in [0.05, 0.1) is 10.0 Å². The molecule has 2 rings (SSSR count). The molecule has 1 aromatic rings. The maximum absolute atomic E-state index is 11.8. The van der Waals surface area contributed by atoms with Gasteiger partial charge in [-0.1, -0.05) is 23.2 Å². The highest BCUT2D eigenvalue weighted by Crippen LogP contribution is 2.24. The van der Waals surface area contributed by atoms with E-state index in [4.69, 9.17) is 23.2 Å². The number of anilines is 1. The molecule has 2 amide bonds. The molecule has 0 atom stereocenters. The van der Waals surface area contributed by atoms with E-state index in [9.17, 15) is 4.79 Å². The number of carbonyl (C=O) groups is 1. The van der Waals surface area contributed by atoms with Crippen molar-refractivity contribution in [3.05, 3.63) is 28.2 Å². The van der Waals surface area contributed by atoms with Gasteiger partial charge in [-0.15, -0.1) is 0 Å². The first kappa shape index (κ1) is 14.4. The number of urea groups is 1. The van der Waals surface area contributed by atoms with Crippen LogP contribution >= 0.6 is 23.2 Å². The van der Waals surface area contributed by atoms with E-state index in [2.05, 4.69) is 22.7 Å². The highest BCUT2D eigenvalue weighted by atomic mass is 35.5. The summed E-state index contributed by atoms with van der Waals surface area (Å²) in [5.41, 5.74) is 3.41. The molecule has 1 fully saturated rings. The fourth-order valence-corrected chi connectivity index (χ4v) is 2.09. The molecule has 1 aliphatic heterocycles. The van der Waals surface area contributed by atoms with Gasteiger partial charge in [0.1, 0.15) is 0 Å². The van der Waals surface area contributed by atoms with Gasteiger partial charge in [-0.05, 0) is 25.2 Å². The summed E-state index contributed by atoms with van der Waals surface area (Å²) in [6.45, 7) is 3.50. The number of halogens is 2. The second-order valence-corrected chi connectivity index (χ2v) is 5.30. The number of hydrogen-bond acceptors (Lipinski definition) is 3. The minimum atomic E-state index is -0.275. The lowest BCUT2D eigenvalue weighted by molar-refractivity contribution is 0.116. The Bertz CT molecular complexity index is 461. The number of nitrogens with one attached hydrogen (secondary N) is 2. The first-order valence-corrected chi connectivity index (χ1v) is 6.76. The lowest BCUT2D eigenvalue weighted by Gasteiger charge is -2.32. The molecule has 19 heavy (non-hydrogen) atoms. The fraction of sp³-hybridized carbons (Fsp3) is 0.417. The Kier molecular flexibility index (Phi) is 4.87. The van der Waals surface area contributed by atoms with Crippen LogP contribution in [0.1, 0.15) is 0 Å². The summed E-state index contributed by atoms with van der Waals surface area (Å²) in [5.74, 6) is 0. The van der Waals surface area contributed by atoms with E-state index in [1.54, 1.807) is 18.2 Å². The summed E-state index contributed by atoms with van der Waals surface area (Å²) in [7, 11) is 2.06. The number of hydrazine groups is 1. The Balaban J connectivity index is 1.85. The molecule has 5 nitrogen and oxygen atoms in total. The van der Waals surface area contributed by atoms with Gasteiger partial charge in [0.2, 0.25) is 0 Å². The van der Waals surface area contributed by atoms with Gasteiger partial charge in [0.25, 0.3) is 0 Å². The number of hydrogen-bond donors (Lipinski definition) is 2. The molecule has 1 aliphatic rings. The van der Waals surface area contributed by atoms with Crippen molar-refractivity contribution in [3.8, 4) is 0 Å². The van der Waals surface area contributed by atoms with Crippen molar-refractivity contribution in [2.24, 2.45) is 0 Å². The number of nitrogens with zero attached hydrogens (tertiary/aromatic N) is 2. The van der Waals surface area contributed by atoms with Crippen LogP contribution < -0.4 is 10.7 Å². The van der Waals surface area contributed by atoms with Gasteiger partial charge in [-0.3, -0.25) is 5.43 Å². The van der Waals surface area contributed by atoms with Crippen LogP contribution in [0.4, 0.5) is 10.5 Å². The number of rotatable bonds is 2. The van der Waals surface area contributed by atoms with Gasteiger partial charge in [-0.2, -0.15) is 0 Å². The van der Waals surface area contributed by atoms with E-state index >= 15 is 0 Å². The van der Waals surface area contributed by atoms with Gasteiger partial charge in [0, 0.05) is 31.9 Å². The zero-order chi connectivity index (χ0) is 13.8. The molecule has 104 valence electrons. The molecule has 0 saturated carbocycles. The standard InChI is InChI=1S/C12H16Cl2N4O/c1-17-4-6-18(7-5-17)16-12(19)15-9-2-3-10(13)11(14)8-9/h2-3,8H,4-7H2,1H3,(H2,15,16,19). The molecule has 0 aliphatic carbocycles. The normalized spacial score (nSPS) is 17.2. The van der Waals surface area contributed by atoms with Gasteiger partial charge < -0.3 is 10.2 Å². The van der Waals surface area contributed by atoms with Crippen molar-refractivity contribution >= 4 is 34.9 Å². The van der Waals surface area contributed by atoms with E-state index in [1.807, 2.05) is 5.01 Å². The number of amides is 2. The van der Waals surface area contributed by atoms with Crippen LogP contribution in [0.2, 0.25) is 10.0 Å². The number of carbonyl (C=O) groups excluding carboxylic acids is 1. The van der Waals surface area contributed by atoms with Crippen molar-refractivity contribution in [1.82, 2.24) is 15.3 Å². The Morgan fingerprint density at radius 1 is 1.16 bits per heavy atom. The van der Waals surface area contributed by atoms with Crippen LogP contribution in [-0.4, -0.2) is 49.2 Å². The van der Waals surface area contributed by atoms with Crippen molar-refractivity contribution in [2.75, 3.05) is 38.5 Å². The average Bonchev–Trinajstić information content (AvgIpc) is 2.37. The predicted octanol–water partition coefficient (Wildman–Crippen LogP) is 2.28. The van der Waals surface area contributed by atoms with Crippen molar-refractivity contribution in [1.29, 1.82) is 0 Å². The molecule has 0 aromatic heterocycles. The highest BCUT2D eigenvalue weighted by molar-refractivity contribution is 6.42. The quantitative estimate of drug-likeness (QED) is 0.881. The summed E-state index contributed by atoms with van der Waals surface area (Å²) >= 11 is 11.7. The molecular weight excluding hydrogens is 287 g/mol. The van der Waals surface area contributed by atoms with Gasteiger partial charge >= 0.3 is 6.03 Å². The summed E-state index contributed by atoms with van der Waals surface area (Å²) < 4.78 is 0. The Morgan fingerprint density at radius 2 is 1.84 bits per heavy atom. The minimum Gasteiger partial charge on any atom is -0.307 e. The Labute approximate surface area is 122 Å². The maximum Gasteiger partial charge on any atom is 0.333 e. The Morgan fingerprint density at radius 3 is 2.47 bits per heavy atom. The van der Waals surface area contributed by atoms with E-state index in [-0.39, 0.29) is 6.03 Å². The SMILES string of the molecule is CN1CCN(NC(=O)Nc2ccc(Cl)c(Cl)c2)CC1. The van der Waals surface area contributed by atoms with Gasteiger partial charge in [-0.25, -0.2) is 9.80 Å². The van der Waals surface area contributed by atoms with E-state index in [1.165, 1.54) is 0 Å². The number of piperazine rings is 1. The molecular formula is C12H16Cl2N4O. The second-order valence-electron chi connectivity index (χ2n) is 4.49. The zero-order valence-corrected chi connectivity index (χ0v) is 12.1. The largest absolute Gasteiger partial charge is 0.333 e. The first-order chi connectivity index (χ1) is 9.04. The molecule has 1 saturated heterocycles. The molecule has 7 heteroatoms. The van der Waals surface area contributed by atoms with E-state index in [0.717, 1.165) is 26.2 Å². The smallest absolute Gasteiger partial charge is 0.307 e. The molecule has 1 heterocycles. The topological polar surface area (TPSA) is 47.6 Å². The summed E-state index contributed by atoms with van der Waals surface area (Å²) in [6.07, 6.45) is 0. The maximum atomic E-state index is 11.8. The third-order valence-electron chi connectivity index (χ3n) is 2.94. The molecule has 2 N–H and O–H groups in total. The lowest BCUT2D eigenvalue weighted by Crippen LogP contribution is -2.53. The zero-order valence-electron chi connectivity index (χ0n) is 10.6.